The molecule has 2 N–H and O–H groups in total. The molecule has 144 valence electrons. The molecule has 1 heterocycles. The van der Waals surface area contributed by atoms with E-state index in [2.05, 4.69) is 59.6 Å². The zero-order valence-corrected chi connectivity index (χ0v) is 16.3. The molecule has 0 saturated heterocycles. The molecule has 3 aromatic rings. The van der Waals surface area contributed by atoms with Gasteiger partial charge in [-0.1, -0.05) is 54.6 Å². The van der Waals surface area contributed by atoms with Gasteiger partial charge >= 0.3 is 0 Å². The summed E-state index contributed by atoms with van der Waals surface area (Å²) in [5.74, 6) is 1.01. The number of hydrogen-bond acceptors (Lipinski definition) is 3. The van der Waals surface area contributed by atoms with Crippen LogP contribution in [0.2, 0.25) is 0 Å². The summed E-state index contributed by atoms with van der Waals surface area (Å²) < 4.78 is 1.39. The van der Waals surface area contributed by atoms with E-state index < -0.39 is 0 Å². The van der Waals surface area contributed by atoms with Crippen molar-refractivity contribution in [2.24, 2.45) is 7.05 Å². The number of nitrogens with two attached hydrogens (primary N) is 1. The molecular weight excluding hydrogens is 346 g/mol. The highest BCUT2D eigenvalue weighted by molar-refractivity contribution is 5.33. The Labute approximate surface area is 166 Å². The van der Waals surface area contributed by atoms with Gasteiger partial charge in [0.2, 0.25) is 5.95 Å². The lowest BCUT2D eigenvalue weighted by molar-refractivity contribution is 0.339. The fourth-order valence-electron chi connectivity index (χ4n) is 4.14. The molecule has 2 unspecified atom stereocenters. The fourth-order valence-corrected chi connectivity index (χ4v) is 4.14. The quantitative estimate of drug-likeness (QED) is 0.704. The van der Waals surface area contributed by atoms with E-state index >= 15 is 0 Å². The number of rotatable bonds is 6. The summed E-state index contributed by atoms with van der Waals surface area (Å²) in [6, 6.07) is 21.2. The van der Waals surface area contributed by atoms with Crippen molar-refractivity contribution in [3.63, 3.8) is 0 Å². The maximum atomic E-state index is 12.1. The Hall–Kier alpha value is -2.88. The van der Waals surface area contributed by atoms with Gasteiger partial charge in [0.05, 0.1) is 5.69 Å². The van der Waals surface area contributed by atoms with Crippen LogP contribution in [0.4, 0.5) is 5.95 Å². The summed E-state index contributed by atoms with van der Waals surface area (Å²) in [6.45, 7) is 0. The second-order valence-corrected chi connectivity index (χ2v) is 7.81. The summed E-state index contributed by atoms with van der Waals surface area (Å²) >= 11 is 0. The molecular formula is C24H27N3O. The van der Waals surface area contributed by atoms with Crippen LogP contribution in [0.15, 0.2) is 65.5 Å². The second kappa shape index (κ2) is 8.01. The molecule has 4 heteroatoms. The SMILES string of the molecule is Cn1c(N)nc(C2CCC2c2cccc(CCCc3ccccc3)c2)cc1=O. The second-order valence-electron chi connectivity index (χ2n) is 7.81. The van der Waals surface area contributed by atoms with Crippen LogP contribution in [0.25, 0.3) is 0 Å². The predicted octanol–water partition coefficient (Wildman–Crippen LogP) is 4.20. The Balaban J connectivity index is 1.45. The monoisotopic (exact) mass is 373 g/mol. The standard InChI is InChI=1S/C24H27N3O/c1-27-23(28)16-22(26-24(27)25)21-14-13-20(21)19-12-6-11-18(15-19)10-5-9-17-7-3-2-4-8-17/h2-4,6-8,11-12,15-16,20-21H,5,9-10,13-14H2,1H3,(H2,25,26). The van der Waals surface area contributed by atoms with Crippen molar-refractivity contribution in [1.82, 2.24) is 9.55 Å². The van der Waals surface area contributed by atoms with Crippen LogP contribution >= 0.6 is 0 Å². The first-order chi connectivity index (χ1) is 13.6. The van der Waals surface area contributed by atoms with Gasteiger partial charge in [-0.05, 0) is 54.7 Å². The molecule has 1 aromatic heterocycles. The van der Waals surface area contributed by atoms with E-state index in [1.54, 1.807) is 13.1 Å². The zero-order valence-electron chi connectivity index (χ0n) is 16.3. The molecule has 2 atom stereocenters. The number of aromatic nitrogens is 2. The molecule has 0 bridgehead atoms. The normalized spacial score (nSPS) is 18.6. The number of nitrogen functional groups attached to an aromatic ring is 1. The van der Waals surface area contributed by atoms with Crippen LogP contribution in [-0.4, -0.2) is 9.55 Å². The van der Waals surface area contributed by atoms with Crippen molar-refractivity contribution in [2.75, 3.05) is 5.73 Å². The number of nitrogens with zero attached hydrogens (tertiary/aromatic N) is 2. The van der Waals surface area contributed by atoms with E-state index in [9.17, 15) is 4.79 Å². The van der Waals surface area contributed by atoms with Crippen LogP contribution in [0.3, 0.4) is 0 Å². The van der Waals surface area contributed by atoms with Crippen LogP contribution in [0.1, 0.15) is 53.5 Å². The molecule has 1 aliphatic rings. The Morgan fingerprint density at radius 2 is 1.68 bits per heavy atom. The Morgan fingerprint density at radius 1 is 0.964 bits per heavy atom. The van der Waals surface area contributed by atoms with E-state index in [0.717, 1.165) is 37.8 Å². The first kappa shape index (κ1) is 18.5. The molecule has 28 heavy (non-hydrogen) atoms. The van der Waals surface area contributed by atoms with Gasteiger partial charge in [0.25, 0.3) is 5.56 Å². The lowest BCUT2D eigenvalue weighted by Gasteiger charge is -2.37. The zero-order chi connectivity index (χ0) is 19.5. The number of anilines is 1. The lowest BCUT2D eigenvalue weighted by atomic mass is 9.68. The highest BCUT2D eigenvalue weighted by Crippen LogP contribution is 2.48. The maximum absolute atomic E-state index is 12.1. The van der Waals surface area contributed by atoms with Gasteiger partial charge in [0, 0.05) is 19.0 Å². The minimum atomic E-state index is -0.0807. The third-order valence-electron chi connectivity index (χ3n) is 6.00. The highest BCUT2D eigenvalue weighted by atomic mass is 16.1. The molecule has 1 saturated carbocycles. The number of benzene rings is 2. The van der Waals surface area contributed by atoms with E-state index in [4.69, 9.17) is 5.73 Å². The Morgan fingerprint density at radius 3 is 2.39 bits per heavy atom. The lowest BCUT2D eigenvalue weighted by Crippen LogP contribution is -2.28. The van der Waals surface area contributed by atoms with Gasteiger partial charge in [0.15, 0.2) is 0 Å². The van der Waals surface area contributed by atoms with E-state index in [-0.39, 0.29) is 11.5 Å². The van der Waals surface area contributed by atoms with Gasteiger partial charge in [-0.3, -0.25) is 9.36 Å². The van der Waals surface area contributed by atoms with Gasteiger partial charge < -0.3 is 5.73 Å². The molecule has 1 aliphatic carbocycles. The fraction of sp³-hybridized carbons (Fsp3) is 0.333. The molecule has 1 fully saturated rings. The predicted molar refractivity (Wildman–Crippen MR) is 114 cm³/mol. The van der Waals surface area contributed by atoms with Crippen molar-refractivity contribution >= 4 is 5.95 Å². The van der Waals surface area contributed by atoms with Crippen molar-refractivity contribution < 1.29 is 0 Å². The maximum Gasteiger partial charge on any atom is 0.254 e. The van der Waals surface area contributed by atoms with Crippen molar-refractivity contribution in [1.29, 1.82) is 0 Å². The summed E-state index contributed by atoms with van der Waals surface area (Å²) in [6.07, 6.45) is 5.52. The van der Waals surface area contributed by atoms with Gasteiger partial charge in [0.1, 0.15) is 0 Å². The summed E-state index contributed by atoms with van der Waals surface area (Å²) in [5, 5.41) is 0. The molecule has 2 aromatic carbocycles. The Kier molecular flexibility index (Phi) is 5.29. The average molecular weight is 374 g/mol. The minimum absolute atomic E-state index is 0.0807. The Bertz CT molecular complexity index is 1010. The highest BCUT2D eigenvalue weighted by Gasteiger charge is 2.35. The van der Waals surface area contributed by atoms with Gasteiger partial charge in [-0.15, -0.1) is 0 Å². The molecule has 4 rings (SSSR count). The molecule has 4 nitrogen and oxygen atoms in total. The van der Waals surface area contributed by atoms with E-state index in [1.165, 1.54) is 21.3 Å². The smallest absolute Gasteiger partial charge is 0.254 e. The topological polar surface area (TPSA) is 60.9 Å². The number of aryl methyl sites for hydroxylation is 2. The molecule has 0 radical (unpaired) electrons. The van der Waals surface area contributed by atoms with E-state index in [1.807, 2.05) is 0 Å². The van der Waals surface area contributed by atoms with Crippen LogP contribution in [-0.2, 0) is 19.9 Å². The molecule has 0 aliphatic heterocycles. The van der Waals surface area contributed by atoms with Crippen LogP contribution in [0, 0.1) is 0 Å². The van der Waals surface area contributed by atoms with Crippen molar-refractivity contribution in [3.05, 3.63) is 93.4 Å². The molecule has 0 amide bonds. The van der Waals surface area contributed by atoms with Gasteiger partial charge in [-0.25, -0.2) is 4.98 Å². The van der Waals surface area contributed by atoms with Crippen molar-refractivity contribution in [2.45, 2.75) is 43.9 Å². The number of hydrogen-bond donors (Lipinski definition) is 1. The largest absolute Gasteiger partial charge is 0.369 e. The third kappa shape index (κ3) is 3.86. The van der Waals surface area contributed by atoms with Crippen molar-refractivity contribution in [3.8, 4) is 0 Å². The minimum Gasteiger partial charge on any atom is -0.369 e. The van der Waals surface area contributed by atoms with Crippen LogP contribution in [0.5, 0.6) is 0 Å². The van der Waals surface area contributed by atoms with E-state index in [0.29, 0.717) is 11.9 Å². The summed E-state index contributed by atoms with van der Waals surface area (Å²) in [4.78, 5) is 16.6. The summed E-state index contributed by atoms with van der Waals surface area (Å²) in [5.41, 5.74) is 10.8. The average Bonchev–Trinajstić information content (AvgIpc) is 2.66. The summed E-state index contributed by atoms with van der Waals surface area (Å²) in [7, 11) is 1.66. The molecule has 0 spiro atoms. The van der Waals surface area contributed by atoms with Crippen LogP contribution < -0.4 is 11.3 Å². The third-order valence-corrected chi connectivity index (χ3v) is 6.00. The first-order valence-electron chi connectivity index (χ1n) is 10.1. The van der Waals surface area contributed by atoms with Gasteiger partial charge in [-0.2, -0.15) is 0 Å². The first-order valence-corrected chi connectivity index (χ1v) is 10.1.